The molecule has 0 atom stereocenters. The maximum atomic E-state index is 11.7. The Labute approximate surface area is 121 Å². The number of carbonyl (C=O) groups is 1. The van der Waals surface area contributed by atoms with Crippen molar-refractivity contribution in [2.24, 2.45) is 11.0 Å². The van der Waals surface area contributed by atoms with E-state index in [0.717, 1.165) is 17.9 Å². The second kappa shape index (κ2) is 8.51. The Morgan fingerprint density at radius 3 is 2.70 bits per heavy atom. The molecule has 1 aliphatic carbocycles. The molecule has 1 aliphatic rings. The van der Waals surface area contributed by atoms with E-state index < -0.39 is 0 Å². The van der Waals surface area contributed by atoms with Gasteiger partial charge in [0.2, 0.25) is 5.91 Å². The second-order valence-electron chi connectivity index (χ2n) is 5.59. The number of hydrogen-bond acceptors (Lipinski definition) is 2. The SMILES string of the molecule is O=C(Cc1ccccc1)N/N=C\CCC1CCCCC1. The van der Waals surface area contributed by atoms with Crippen LogP contribution in [-0.2, 0) is 11.2 Å². The minimum atomic E-state index is -0.0508. The Balaban J connectivity index is 1.59. The number of hydrazone groups is 1. The molecular weight excluding hydrogens is 248 g/mol. The average molecular weight is 272 g/mol. The number of amides is 1. The molecule has 1 aromatic carbocycles. The summed E-state index contributed by atoms with van der Waals surface area (Å²) in [5.74, 6) is 0.820. The number of carbonyl (C=O) groups excluding carboxylic acids is 1. The Bertz CT molecular complexity index is 422. The average Bonchev–Trinajstić information content (AvgIpc) is 2.49. The summed E-state index contributed by atoms with van der Waals surface area (Å²) in [5.41, 5.74) is 3.62. The lowest BCUT2D eigenvalue weighted by Crippen LogP contribution is -2.19. The summed E-state index contributed by atoms with van der Waals surface area (Å²) in [7, 11) is 0. The van der Waals surface area contributed by atoms with Crippen LogP contribution < -0.4 is 5.43 Å². The lowest BCUT2D eigenvalue weighted by atomic mass is 9.86. The molecule has 0 heterocycles. The van der Waals surface area contributed by atoms with Crippen molar-refractivity contribution in [3.63, 3.8) is 0 Å². The van der Waals surface area contributed by atoms with Crippen LogP contribution in [-0.4, -0.2) is 12.1 Å². The molecule has 20 heavy (non-hydrogen) atoms. The molecule has 0 aromatic heterocycles. The summed E-state index contributed by atoms with van der Waals surface area (Å²) >= 11 is 0. The normalized spacial score (nSPS) is 16.4. The highest BCUT2D eigenvalue weighted by Gasteiger charge is 2.11. The molecule has 2 rings (SSSR count). The van der Waals surface area contributed by atoms with E-state index in [4.69, 9.17) is 0 Å². The van der Waals surface area contributed by atoms with Crippen LogP contribution >= 0.6 is 0 Å². The van der Waals surface area contributed by atoms with E-state index in [1.165, 1.54) is 38.5 Å². The van der Waals surface area contributed by atoms with Crippen molar-refractivity contribution >= 4 is 12.1 Å². The van der Waals surface area contributed by atoms with Crippen molar-refractivity contribution < 1.29 is 4.79 Å². The molecule has 1 N–H and O–H groups in total. The lowest BCUT2D eigenvalue weighted by Gasteiger charge is -2.20. The third-order valence-electron chi connectivity index (χ3n) is 3.92. The van der Waals surface area contributed by atoms with Crippen LogP contribution in [0, 0.1) is 5.92 Å². The molecule has 0 aliphatic heterocycles. The van der Waals surface area contributed by atoms with E-state index in [9.17, 15) is 4.79 Å². The van der Waals surface area contributed by atoms with Crippen LogP contribution in [0.4, 0.5) is 0 Å². The highest BCUT2D eigenvalue weighted by Crippen LogP contribution is 2.26. The van der Waals surface area contributed by atoms with Gasteiger partial charge in [0.15, 0.2) is 0 Å². The van der Waals surface area contributed by atoms with Crippen molar-refractivity contribution in [2.75, 3.05) is 0 Å². The van der Waals surface area contributed by atoms with Crippen molar-refractivity contribution in [2.45, 2.75) is 51.4 Å². The first-order valence-electron chi connectivity index (χ1n) is 7.69. The highest BCUT2D eigenvalue weighted by atomic mass is 16.2. The summed E-state index contributed by atoms with van der Waals surface area (Å²) < 4.78 is 0. The topological polar surface area (TPSA) is 41.5 Å². The lowest BCUT2D eigenvalue weighted by molar-refractivity contribution is -0.120. The van der Waals surface area contributed by atoms with Crippen LogP contribution in [0.3, 0.4) is 0 Å². The molecular formula is C17H24N2O. The van der Waals surface area contributed by atoms with Crippen LogP contribution in [0.2, 0.25) is 0 Å². The van der Waals surface area contributed by atoms with Gasteiger partial charge in [0.1, 0.15) is 0 Å². The predicted octanol–water partition coefficient (Wildman–Crippen LogP) is 3.69. The maximum Gasteiger partial charge on any atom is 0.244 e. The maximum absolute atomic E-state index is 11.7. The zero-order valence-corrected chi connectivity index (χ0v) is 12.1. The van der Waals surface area contributed by atoms with E-state index >= 15 is 0 Å². The van der Waals surface area contributed by atoms with Gasteiger partial charge in [-0.05, 0) is 24.3 Å². The van der Waals surface area contributed by atoms with E-state index in [1.807, 2.05) is 36.5 Å². The number of nitrogens with one attached hydrogen (secondary N) is 1. The number of hydrogen-bond donors (Lipinski definition) is 1. The van der Waals surface area contributed by atoms with Gasteiger partial charge in [-0.3, -0.25) is 4.79 Å². The van der Waals surface area contributed by atoms with Gasteiger partial charge in [-0.2, -0.15) is 5.10 Å². The summed E-state index contributed by atoms with van der Waals surface area (Å²) in [5, 5.41) is 4.03. The predicted molar refractivity (Wildman–Crippen MR) is 82.6 cm³/mol. The van der Waals surface area contributed by atoms with Crippen molar-refractivity contribution in [3.05, 3.63) is 35.9 Å². The molecule has 0 bridgehead atoms. The van der Waals surface area contributed by atoms with E-state index in [0.29, 0.717) is 6.42 Å². The monoisotopic (exact) mass is 272 g/mol. The van der Waals surface area contributed by atoms with Gasteiger partial charge in [0.05, 0.1) is 6.42 Å². The van der Waals surface area contributed by atoms with Crippen molar-refractivity contribution in [1.29, 1.82) is 0 Å². The van der Waals surface area contributed by atoms with Crippen molar-refractivity contribution in [3.8, 4) is 0 Å². The zero-order chi connectivity index (χ0) is 14.0. The minimum absolute atomic E-state index is 0.0508. The Morgan fingerprint density at radius 2 is 1.95 bits per heavy atom. The summed E-state index contributed by atoms with van der Waals surface area (Å²) in [6.07, 6.45) is 11.3. The fourth-order valence-corrected chi connectivity index (χ4v) is 2.79. The van der Waals surface area contributed by atoms with Crippen molar-refractivity contribution in [1.82, 2.24) is 5.43 Å². The van der Waals surface area contributed by atoms with Gasteiger partial charge in [-0.15, -0.1) is 0 Å². The Kier molecular flexibility index (Phi) is 6.28. The van der Waals surface area contributed by atoms with Gasteiger partial charge < -0.3 is 0 Å². The van der Waals surface area contributed by atoms with Crippen LogP contribution in [0.5, 0.6) is 0 Å². The Morgan fingerprint density at radius 1 is 1.20 bits per heavy atom. The molecule has 1 amide bonds. The summed E-state index contributed by atoms with van der Waals surface area (Å²) in [6, 6.07) is 9.73. The largest absolute Gasteiger partial charge is 0.273 e. The molecule has 0 saturated heterocycles. The second-order valence-corrected chi connectivity index (χ2v) is 5.59. The number of nitrogens with zero attached hydrogens (tertiary/aromatic N) is 1. The summed E-state index contributed by atoms with van der Waals surface area (Å²) in [4.78, 5) is 11.7. The van der Waals surface area contributed by atoms with Crippen LogP contribution in [0.1, 0.15) is 50.5 Å². The smallest absolute Gasteiger partial charge is 0.244 e. The van der Waals surface area contributed by atoms with E-state index in [2.05, 4.69) is 10.5 Å². The minimum Gasteiger partial charge on any atom is -0.273 e. The quantitative estimate of drug-likeness (QED) is 0.622. The van der Waals surface area contributed by atoms with Gasteiger partial charge >= 0.3 is 0 Å². The zero-order valence-electron chi connectivity index (χ0n) is 12.1. The molecule has 1 fully saturated rings. The standard InChI is InChI=1S/C17H24N2O/c20-17(14-16-10-5-2-6-11-16)19-18-13-7-12-15-8-3-1-4-9-15/h2,5-6,10-11,13,15H,1,3-4,7-9,12,14H2,(H,19,20)/b18-13-. The first-order valence-corrected chi connectivity index (χ1v) is 7.69. The van der Waals surface area contributed by atoms with Gasteiger partial charge in [-0.1, -0.05) is 62.4 Å². The fraction of sp³-hybridized carbons (Fsp3) is 0.529. The van der Waals surface area contributed by atoms with E-state index in [-0.39, 0.29) is 5.91 Å². The van der Waals surface area contributed by atoms with E-state index in [1.54, 1.807) is 0 Å². The number of benzene rings is 1. The first-order chi connectivity index (χ1) is 9.84. The van der Waals surface area contributed by atoms with Crippen LogP contribution in [0.15, 0.2) is 35.4 Å². The third kappa shape index (κ3) is 5.55. The molecule has 3 heteroatoms. The number of rotatable bonds is 6. The van der Waals surface area contributed by atoms with Crippen LogP contribution in [0.25, 0.3) is 0 Å². The van der Waals surface area contributed by atoms with Gasteiger partial charge in [-0.25, -0.2) is 5.43 Å². The fourth-order valence-electron chi connectivity index (χ4n) is 2.79. The third-order valence-corrected chi connectivity index (χ3v) is 3.92. The van der Waals surface area contributed by atoms with Gasteiger partial charge in [0, 0.05) is 6.21 Å². The molecule has 0 spiro atoms. The van der Waals surface area contributed by atoms with Gasteiger partial charge in [0.25, 0.3) is 0 Å². The molecule has 0 radical (unpaired) electrons. The molecule has 1 aromatic rings. The Hall–Kier alpha value is -1.64. The molecule has 108 valence electrons. The molecule has 1 saturated carbocycles. The highest BCUT2D eigenvalue weighted by molar-refractivity contribution is 5.79. The molecule has 0 unspecified atom stereocenters. The molecule has 3 nitrogen and oxygen atoms in total. The summed E-state index contributed by atoms with van der Waals surface area (Å²) in [6.45, 7) is 0. The first kappa shape index (κ1) is 14.8.